The first-order chi connectivity index (χ1) is 9.28. The Morgan fingerprint density at radius 2 is 1.89 bits per heavy atom. The van der Waals surface area contributed by atoms with Gasteiger partial charge < -0.3 is 9.63 Å². The van der Waals surface area contributed by atoms with Gasteiger partial charge in [0.2, 0.25) is 5.89 Å². The SMILES string of the molecule is OC1CC(c2nc(C3(c4ccccc4)CC3)no2)C1. The average molecular weight is 256 g/mol. The summed E-state index contributed by atoms with van der Waals surface area (Å²) in [6, 6.07) is 10.4. The Morgan fingerprint density at radius 1 is 1.16 bits per heavy atom. The van der Waals surface area contributed by atoms with E-state index in [1.54, 1.807) is 0 Å². The molecule has 2 aliphatic rings. The normalized spacial score (nSPS) is 27.8. The number of benzene rings is 1. The van der Waals surface area contributed by atoms with E-state index in [2.05, 4.69) is 34.4 Å². The summed E-state index contributed by atoms with van der Waals surface area (Å²) in [7, 11) is 0. The molecule has 2 fully saturated rings. The molecule has 2 aromatic rings. The molecule has 0 spiro atoms. The van der Waals surface area contributed by atoms with Crippen LogP contribution in [0.4, 0.5) is 0 Å². The predicted octanol–water partition coefficient (Wildman–Crippen LogP) is 2.39. The van der Waals surface area contributed by atoms with Crippen LogP contribution in [0.5, 0.6) is 0 Å². The van der Waals surface area contributed by atoms with Gasteiger partial charge in [0.25, 0.3) is 0 Å². The minimum Gasteiger partial charge on any atom is -0.393 e. The Kier molecular flexibility index (Phi) is 2.30. The van der Waals surface area contributed by atoms with E-state index in [0.29, 0.717) is 5.89 Å². The Balaban J connectivity index is 1.63. The molecular formula is C15H16N2O2. The number of rotatable bonds is 3. The van der Waals surface area contributed by atoms with E-state index in [1.807, 2.05) is 6.07 Å². The van der Waals surface area contributed by atoms with Crippen molar-refractivity contribution in [3.05, 3.63) is 47.6 Å². The molecule has 0 radical (unpaired) electrons. The lowest BCUT2D eigenvalue weighted by Crippen LogP contribution is -2.26. The first-order valence-electron chi connectivity index (χ1n) is 6.86. The van der Waals surface area contributed by atoms with Crippen LogP contribution in [-0.2, 0) is 5.41 Å². The molecule has 1 aromatic heterocycles. The first-order valence-corrected chi connectivity index (χ1v) is 6.86. The van der Waals surface area contributed by atoms with E-state index in [9.17, 15) is 5.11 Å². The highest BCUT2D eigenvalue weighted by molar-refractivity contribution is 5.38. The van der Waals surface area contributed by atoms with Crippen LogP contribution >= 0.6 is 0 Å². The van der Waals surface area contributed by atoms with Crippen LogP contribution in [0.2, 0.25) is 0 Å². The Bertz CT molecular complexity index is 583. The summed E-state index contributed by atoms with van der Waals surface area (Å²) in [5.74, 6) is 1.76. The molecule has 0 atom stereocenters. The van der Waals surface area contributed by atoms with Crippen molar-refractivity contribution in [1.82, 2.24) is 10.1 Å². The van der Waals surface area contributed by atoms with Crippen molar-refractivity contribution in [3.63, 3.8) is 0 Å². The molecular weight excluding hydrogens is 240 g/mol. The zero-order valence-corrected chi connectivity index (χ0v) is 10.6. The molecule has 0 saturated heterocycles. The van der Waals surface area contributed by atoms with Gasteiger partial charge in [0, 0.05) is 5.92 Å². The van der Waals surface area contributed by atoms with Crippen molar-refractivity contribution < 1.29 is 9.63 Å². The second-order valence-electron chi connectivity index (χ2n) is 5.73. The van der Waals surface area contributed by atoms with E-state index >= 15 is 0 Å². The van der Waals surface area contributed by atoms with E-state index in [-0.39, 0.29) is 17.4 Å². The van der Waals surface area contributed by atoms with Gasteiger partial charge in [-0.3, -0.25) is 0 Å². The van der Waals surface area contributed by atoms with Gasteiger partial charge in [-0.1, -0.05) is 35.5 Å². The lowest BCUT2D eigenvalue weighted by molar-refractivity contribution is 0.0625. The van der Waals surface area contributed by atoms with E-state index in [1.165, 1.54) is 5.56 Å². The van der Waals surface area contributed by atoms with E-state index in [4.69, 9.17) is 4.52 Å². The van der Waals surface area contributed by atoms with Crippen molar-refractivity contribution in [1.29, 1.82) is 0 Å². The molecule has 2 saturated carbocycles. The van der Waals surface area contributed by atoms with Crippen molar-refractivity contribution in [2.45, 2.75) is 43.1 Å². The van der Waals surface area contributed by atoms with Gasteiger partial charge >= 0.3 is 0 Å². The molecule has 1 aromatic carbocycles. The van der Waals surface area contributed by atoms with Crippen LogP contribution in [0, 0.1) is 0 Å². The third-order valence-electron chi connectivity index (χ3n) is 4.41. The zero-order chi connectivity index (χ0) is 12.9. The second-order valence-corrected chi connectivity index (χ2v) is 5.73. The van der Waals surface area contributed by atoms with Gasteiger partial charge in [0.1, 0.15) is 0 Å². The number of aromatic nitrogens is 2. The molecule has 0 unspecified atom stereocenters. The second kappa shape index (κ2) is 3.90. The molecule has 2 aliphatic carbocycles. The smallest absolute Gasteiger partial charge is 0.229 e. The monoisotopic (exact) mass is 256 g/mol. The highest BCUT2D eigenvalue weighted by Gasteiger charge is 2.50. The minimum atomic E-state index is -0.190. The highest BCUT2D eigenvalue weighted by Crippen LogP contribution is 2.52. The summed E-state index contributed by atoms with van der Waals surface area (Å²) in [6.07, 6.45) is 3.48. The molecule has 98 valence electrons. The maximum absolute atomic E-state index is 9.35. The highest BCUT2D eigenvalue weighted by atomic mass is 16.5. The Labute approximate surface area is 111 Å². The van der Waals surface area contributed by atoms with Crippen LogP contribution in [0.15, 0.2) is 34.9 Å². The summed E-state index contributed by atoms with van der Waals surface area (Å²) in [6.45, 7) is 0. The molecule has 1 N–H and O–H groups in total. The Morgan fingerprint density at radius 3 is 2.53 bits per heavy atom. The maximum Gasteiger partial charge on any atom is 0.229 e. The van der Waals surface area contributed by atoms with Gasteiger partial charge in [-0.25, -0.2) is 0 Å². The van der Waals surface area contributed by atoms with Crippen molar-refractivity contribution in [3.8, 4) is 0 Å². The lowest BCUT2D eigenvalue weighted by atomic mass is 9.82. The van der Waals surface area contributed by atoms with Crippen LogP contribution in [-0.4, -0.2) is 21.4 Å². The van der Waals surface area contributed by atoms with E-state index < -0.39 is 0 Å². The lowest BCUT2D eigenvalue weighted by Gasteiger charge is -2.27. The molecule has 1 heterocycles. The predicted molar refractivity (Wildman–Crippen MR) is 68.7 cm³/mol. The number of nitrogens with zero attached hydrogens (tertiary/aromatic N) is 2. The third-order valence-corrected chi connectivity index (χ3v) is 4.41. The molecule has 4 rings (SSSR count). The van der Waals surface area contributed by atoms with Crippen molar-refractivity contribution in [2.75, 3.05) is 0 Å². The van der Waals surface area contributed by atoms with Gasteiger partial charge in [0.15, 0.2) is 5.82 Å². The van der Waals surface area contributed by atoms with Gasteiger partial charge in [-0.05, 0) is 31.2 Å². The van der Waals surface area contributed by atoms with Crippen LogP contribution in [0.1, 0.15) is 48.9 Å². The van der Waals surface area contributed by atoms with Crippen LogP contribution < -0.4 is 0 Å². The van der Waals surface area contributed by atoms with Crippen molar-refractivity contribution in [2.24, 2.45) is 0 Å². The quantitative estimate of drug-likeness (QED) is 0.916. The van der Waals surface area contributed by atoms with Crippen LogP contribution in [0.3, 0.4) is 0 Å². The summed E-state index contributed by atoms with van der Waals surface area (Å²) in [5, 5.41) is 13.5. The molecule has 0 aliphatic heterocycles. The van der Waals surface area contributed by atoms with Gasteiger partial charge in [-0.2, -0.15) is 4.98 Å². The fraction of sp³-hybridized carbons (Fsp3) is 0.467. The topological polar surface area (TPSA) is 59.2 Å². The third kappa shape index (κ3) is 1.70. The zero-order valence-electron chi connectivity index (χ0n) is 10.6. The van der Waals surface area contributed by atoms with Crippen LogP contribution in [0.25, 0.3) is 0 Å². The number of hydrogen-bond acceptors (Lipinski definition) is 4. The molecule has 0 amide bonds. The molecule has 19 heavy (non-hydrogen) atoms. The fourth-order valence-electron chi connectivity index (χ4n) is 2.91. The van der Waals surface area contributed by atoms with Gasteiger partial charge in [0.05, 0.1) is 11.5 Å². The Hall–Kier alpha value is -1.68. The summed E-state index contributed by atoms with van der Waals surface area (Å²) in [5.41, 5.74) is 1.25. The van der Waals surface area contributed by atoms with Crippen molar-refractivity contribution >= 4 is 0 Å². The standard InChI is InChI=1S/C15H16N2O2/c18-12-8-10(9-12)13-16-14(17-19-13)15(6-7-15)11-4-2-1-3-5-11/h1-5,10,12,18H,6-9H2. The minimum absolute atomic E-state index is 0.0224. The molecule has 0 bridgehead atoms. The summed E-state index contributed by atoms with van der Waals surface area (Å²) >= 11 is 0. The largest absolute Gasteiger partial charge is 0.393 e. The summed E-state index contributed by atoms with van der Waals surface area (Å²) < 4.78 is 5.39. The first kappa shape index (κ1) is 11.2. The van der Waals surface area contributed by atoms with Gasteiger partial charge in [-0.15, -0.1) is 0 Å². The average Bonchev–Trinajstić information content (AvgIpc) is 3.08. The maximum atomic E-state index is 9.35. The number of hydrogen-bond donors (Lipinski definition) is 1. The fourth-order valence-corrected chi connectivity index (χ4v) is 2.91. The van der Waals surface area contributed by atoms with E-state index in [0.717, 1.165) is 31.5 Å². The molecule has 4 nitrogen and oxygen atoms in total. The number of aliphatic hydroxyl groups is 1. The number of aliphatic hydroxyl groups excluding tert-OH is 1. The summed E-state index contributed by atoms with van der Waals surface area (Å²) in [4.78, 5) is 4.59. The molecule has 4 heteroatoms.